The Morgan fingerprint density at radius 1 is 1.57 bits per heavy atom. The molecular weight excluding hydrogens is 265 g/mol. The van der Waals surface area contributed by atoms with Crippen LogP contribution < -0.4 is 5.73 Å². The Morgan fingerprint density at radius 3 is 2.93 bits per heavy atom. The quantitative estimate of drug-likeness (QED) is 0.840. The van der Waals surface area contributed by atoms with Crippen molar-refractivity contribution in [2.24, 2.45) is 5.73 Å². The van der Waals surface area contributed by atoms with Gasteiger partial charge in [-0.2, -0.15) is 0 Å². The minimum atomic E-state index is -0.104. The van der Waals surface area contributed by atoms with E-state index in [9.17, 15) is 0 Å². The van der Waals surface area contributed by atoms with Crippen molar-refractivity contribution < 1.29 is 0 Å². The van der Waals surface area contributed by atoms with Gasteiger partial charge < -0.3 is 10.7 Å². The first-order valence-corrected chi connectivity index (χ1v) is 5.36. The van der Waals surface area contributed by atoms with Crippen molar-refractivity contribution in [2.75, 3.05) is 0 Å². The van der Waals surface area contributed by atoms with Crippen molar-refractivity contribution in [3.8, 4) is 0 Å². The lowest BCUT2D eigenvalue weighted by atomic mass is 10.3. The van der Waals surface area contributed by atoms with E-state index in [1.54, 1.807) is 0 Å². The number of fused-ring (bicyclic) bond motifs is 1. The molecule has 0 aliphatic carbocycles. The molecule has 0 amide bonds. The molecule has 0 aliphatic heterocycles. The van der Waals surface area contributed by atoms with Crippen molar-refractivity contribution in [3.63, 3.8) is 0 Å². The Hall–Kier alpha value is -0.580. The first kappa shape index (κ1) is 9.96. The monoisotopic (exact) mass is 273 g/mol. The van der Waals surface area contributed by atoms with Crippen LogP contribution in [-0.2, 0) is 0 Å². The van der Waals surface area contributed by atoms with Gasteiger partial charge in [-0.05, 0) is 35.0 Å². The number of nitrogens with zero attached hydrogens (tertiary/aromatic N) is 1. The molecule has 0 spiro atoms. The topological polar surface area (TPSA) is 54.7 Å². The van der Waals surface area contributed by atoms with Crippen LogP contribution in [0.25, 0.3) is 11.0 Å². The third-order valence-corrected chi connectivity index (χ3v) is 3.34. The molecule has 5 heteroatoms. The minimum absolute atomic E-state index is 0.104. The maximum absolute atomic E-state index is 5.94. The van der Waals surface area contributed by atoms with Crippen molar-refractivity contribution in [1.82, 2.24) is 9.97 Å². The summed E-state index contributed by atoms with van der Waals surface area (Å²) in [4.78, 5) is 7.50. The molecule has 0 aliphatic rings. The van der Waals surface area contributed by atoms with Gasteiger partial charge in [-0.1, -0.05) is 11.6 Å². The highest BCUT2D eigenvalue weighted by atomic mass is 79.9. The number of aromatic amines is 1. The molecule has 1 atom stereocenters. The smallest absolute Gasteiger partial charge is 0.123 e. The van der Waals surface area contributed by atoms with E-state index in [-0.39, 0.29) is 6.04 Å². The first-order chi connectivity index (χ1) is 6.59. The largest absolute Gasteiger partial charge is 0.341 e. The molecule has 1 aromatic carbocycles. The summed E-state index contributed by atoms with van der Waals surface area (Å²) in [7, 11) is 0. The molecular formula is C9H9BrClN3. The van der Waals surface area contributed by atoms with Gasteiger partial charge in [0.15, 0.2) is 0 Å². The third-order valence-electron chi connectivity index (χ3n) is 2.00. The molecule has 3 nitrogen and oxygen atoms in total. The fourth-order valence-electron chi connectivity index (χ4n) is 1.25. The van der Waals surface area contributed by atoms with E-state index in [0.29, 0.717) is 5.02 Å². The number of hydrogen-bond acceptors (Lipinski definition) is 2. The molecule has 1 aromatic heterocycles. The first-order valence-electron chi connectivity index (χ1n) is 4.19. The van der Waals surface area contributed by atoms with Gasteiger partial charge in [0, 0.05) is 0 Å². The Labute approximate surface area is 94.8 Å². The van der Waals surface area contributed by atoms with Crippen LogP contribution in [0.3, 0.4) is 0 Å². The number of nitrogens with two attached hydrogens (primary N) is 1. The second-order valence-corrected chi connectivity index (χ2v) is 4.37. The average Bonchev–Trinajstić information content (AvgIpc) is 2.56. The van der Waals surface area contributed by atoms with E-state index in [0.717, 1.165) is 21.3 Å². The van der Waals surface area contributed by atoms with Crippen molar-refractivity contribution >= 4 is 38.6 Å². The van der Waals surface area contributed by atoms with Gasteiger partial charge in [-0.3, -0.25) is 0 Å². The lowest BCUT2D eigenvalue weighted by Crippen LogP contribution is -2.06. The molecule has 74 valence electrons. The number of nitrogens with one attached hydrogen (secondary N) is 1. The Bertz CT molecular complexity index is 478. The molecule has 0 fully saturated rings. The van der Waals surface area contributed by atoms with Crippen molar-refractivity contribution in [1.29, 1.82) is 0 Å². The van der Waals surface area contributed by atoms with E-state index < -0.39 is 0 Å². The average molecular weight is 275 g/mol. The molecule has 0 bridgehead atoms. The molecule has 0 saturated heterocycles. The molecule has 14 heavy (non-hydrogen) atoms. The Balaban J connectivity index is 2.71. The van der Waals surface area contributed by atoms with Gasteiger partial charge in [0.1, 0.15) is 11.3 Å². The molecule has 2 rings (SSSR count). The van der Waals surface area contributed by atoms with Gasteiger partial charge in [-0.15, -0.1) is 0 Å². The van der Waals surface area contributed by atoms with E-state index >= 15 is 0 Å². The minimum Gasteiger partial charge on any atom is -0.341 e. The van der Waals surface area contributed by atoms with Crippen LogP contribution in [-0.4, -0.2) is 9.97 Å². The lowest BCUT2D eigenvalue weighted by Gasteiger charge is -1.96. The maximum atomic E-state index is 5.94. The van der Waals surface area contributed by atoms with E-state index in [2.05, 4.69) is 25.9 Å². The predicted octanol–water partition coefficient (Wildman–Crippen LogP) is 3.00. The highest BCUT2D eigenvalue weighted by molar-refractivity contribution is 9.10. The van der Waals surface area contributed by atoms with E-state index in [4.69, 9.17) is 17.3 Å². The fraction of sp³-hybridized carbons (Fsp3) is 0.222. The molecule has 1 unspecified atom stereocenters. The summed E-state index contributed by atoms with van der Waals surface area (Å²) in [6, 6.07) is 3.60. The molecule has 1 heterocycles. The molecule has 0 saturated carbocycles. The summed E-state index contributed by atoms with van der Waals surface area (Å²) < 4.78 is 0.805. The summed E-state index contributed by atoms with van der Waals surface area (Å²) in [5.41, 5.74) is 7.49. The van der Waals surface area contributed by atoms with Gasteiger partial charge in [-0.25, -0.2) is 4.98 Å². The molecule has 3 N–H and O–H groups in total. The van der Waals surface area contributed by atoms with Crippen LogP contribution >= 0.6 is 27.5 Å². The number of halogens is 2. The third kappa shape index (κ3) is 1.54. The standard InChI is InChI=1S/C9H9BrClN3/c1-4(12)9-13-6-3-2-5(11)7(10)8(6)14-9/h2-4H,12H2,1H3,(H,13,14). The van der Waals surface area contributed by atoms with E-state index in [1.165, 1.54) is 0 Å². The number of benzene rings is 1. The summed E-state index contributed by atoms with van der Waals surface area (Å²) in [6.45, 7) is 1.88. The maximum Gasteiger partial charge on any atom is 0.123 e. The van der Waals surface area contributed by atoms with Crippen LogP contribution in [0.4, 0.5) is 0 Å². The summed E-state index contributed by atoms with van der Waals surface area (Å²) in [5.74, 6) is 0.767. The van der Waals surface area contributed by atoms with Gasteiger partial charge in [0.2, 0.25) is 0 Å². The van der Waals surface area contributed by atoms with Crippen molar-refractivity contribution in [2.45, 2.75) is 13.0 Å². The van der Waals surface area contributed by atoms with Crippen LogP contribution in [0.15, 0.2) is 16.6 Å². The normalized spacial score (nSPS) is 13.4. The second kappa shape index (κ2) is 3.53. The predicted molar refractivity (Wildman–Crippen MR) is 61.4 cm³/mol. The highest BCUT2D eigenvalue weighted by Crippen LogP contribution is 2.30. The van der Waals surface area contributed by atoms with Crippen LogP contribution in [0.1, 0.15) is 18.8 Å². The number of rotatable bonds is 1. The number of imidazole rings is 1. The Morgan fingerprint density at radius 2 is 2.29 bits per heavy atom. The van der Waals surface area contributed by atoms with Gasteiger partial charge in [0.25, 0.3) is 0 Å². The number of H-pyrrole nitrogens is 1. The molecule has 2 aromatic rings. The summed E-state index contributed by atoms with van der Waals surface area (Å²) in [6.07, 6.45) is 0. The number of aromatic nitrogens is 2. The fourth-order valence-corrected chi connectivity index (χ4v) is 1.84. The van der Waals surface area contributed by atoms with Crippen LogP contribution in [0.5, 0.6) is 0 Å². The van der Waals surface area contributed by atoms with Crippen molar-refractivity contribution in [3.05, 3.63) is 27.5 Å². The number of hydrogen-bond donors (Lipinski definition) is 2. The van der Waals surface area contributed by atoms with Crippen LogP contribution in [0, 0.1) is 0 Å². The van der Waals surface area contributed by atoms with E-state index in [1.807, 2.05) is 19.1 Å². The molecule has 0 radical (unpaired) electrons. The highest BCUT2D eigenvalue weighted by Gasteiger charge is 2.10. The van der Waals surface area contributed by atoms with Crippen LogP contribution in [0.2, 0.25) is 5.02 Å². The zero-order valence-electron chi connectivity index (χ0n) is 7.51. The zero-order valence-corrected chi connectivity index (χ0v) is 9.85. The second-order valence-electron chi connectivity index (χ2n) is 3.17. The summed E-state index contributed by atoms with van der Waals surface area (Å²) >= 11 is 9.33. The zero-order chi connectivity index (χ0) is 10.3. The van der Waals surface area contributed by atoms with Gasteiger partial charge in [0.05, 0.1) is 21.1 Å². The lowest BCUT2D eigenvalue weighted by molar-refractivity contribution is 0.760. The summed E-state index contributed by atoms with van der Waals surface area (Å²) in [5, 5.41) is 0.653. The van der Waals surface area contributed by atoms with Gasteiger partial charge >= 0.3 is 0 Å². The Kier molecular flexibility index (Phi) is 2.51. The SMILES string of the molecule is CC(N)c1nc2c(Br)c(Cl)ccc2[nH]1.